The Morgan fingerprint density at radius 3 is 1.90 bits per heavy atom. The van der Waals surface area contributed by atoms with Crippen LogP contribution in [-0.2, 0) is 7.05 Å². The van der Waals surface area contributed by atoms with Gasteiger partial charge in [-0.15, -0.1) is 0 Å². The lowest BCUT2D eigenvalue weighted by molar-refractivity contribution is 0.0178. The zero-order valence-electron chi connectivity index (χ0n) is 12.0. The number of nitrogens with zero attached hydrogens (tertiary/aromatic N) is 3. The second-order valence-corrected chi connectivity index (χ2v) is 9.35. The first kappa shape index (κ1) is 9.70. The third kappa shape index (κ3) is 0.561. The van der Waals surface area contributed by atoms with Crippen molar-refractivity contribution in [2.45, 2.75) is 37.8 Å². The van der Waals surface area contributed by atoms with E-state index in [1.165, 1.54) is 30.3 Å². The molecule has 6 fully saturated rings. The molecule has 2 aliphatic heterocycles. The maximum Gasteiger partial charge on any atom is 0.347 e. The first-order valence-corrected chi connectivity index (χ1v) is 8.49. The molecule has 2 bridgehead atoms. The van der Waals surface area contributed by atoms with Crippen molar-refractivity contribution in [3.63, 3.8) is 0 Å². The second-order valence-electron chi connectivity index (χ2n) is 9.35. The summed E-state index contributed by atoms with van der Waals surface area (Å²) in [6.45, 7) is 0. The van der Waals surface area contributed by atoms with Crippen LogP contribution in [0.25, 0.3) is 0 Å². The average Bonchev–Trinajstić information content (AvgIpc) is 3.34. The third-order valence-electron chi connectivity index (χ3n) is 9.27. The van der Waals surface area contributed by atoms with Crippen molar-refractivity contribution in [2.75, 3.05) is 0 Å². The van der Waals surface area contributed by atoms with Crippen molar-refractivity contribution in [1.29, 1.82) is 0 Å². The fourth-order valence-electron chi connectivity index (χ4n) is 9.08. The standard InChI is InChI=1S/C16H17N3O2/c1-17-12(20)18-10-7-6-8(7)11(19(18)13(17)21)16-5-14(2-3-14)4-15(10,16)9(6)16/h6-11H,2-5H2,1H3/t6?,7-,8-,9?,10-,11-,15+,16+/m0/s1. The zero-order chi connectivity index (χ0) is 13.7. The van der Waals surface area contributed by atoms with Crippen LogP contribution in [0.5, 0.6) is 0 Å². The van der Waals surface area contributed by atoms with Crippen molar-refractivity contribution in [3.8, 4) is 0 Å². The van der Waals surface area contributed by atoms with E-state index >= 15 is 0 Å². The van der Waals surface area contributed by atoms with Gasteiger partial charge in [-0.1, -0.05) is 0 Å². The van der Waals surface area contributed by atoms with Gasteiger partial charge in [0.05, 0.1) is 12.1 Å². The maximum atomic E-state index is 12.6. The zero-order valence-corrected chi connectivity index (χ0v) is 12.0. The summed E-state index contributed by atoms with van der Waals surface area (Å²) < 4.78 is 5.21. The van der Waals surface area contributed by atoms with Crippen molar-refractivity contribution in [3.05, 3.63) is 21.0 Å². The molecule has 0 unspecified atom stereocenters. The van der Waals surface area contributed by atoms with Gasteiger partial charge in [0, 0.05) is 17.9 Å². The van der Waals surface area contributed by atoms with Crippen LogP contribution in [-0.4, -0.2) is 13.9 Å². The lowest BCUT2D eigenvalue weighted by Gasteiger charge is -2.45. The Labute approximate surface area is 120 Å². The molecule has 108 valence electrons. The van der Waals surface area contributed by atoms with Gasteiger partial charge in [-0.25, -0.2) is 23.5 Å². The summed E-state index contributed by atoms with van der Waals surface area (Å²) in [5.74, 6) is 3.23. The Bertz CT molecular complexity index is 865. The quantitative estimate of drug-likeness (QED) is 0.696. The highest BCUT2D eigenvalue weighted by Gasteiger charge is 3.05. The highest BCUT2D eigenvalue weighted by atomic mass is 16.2. The monoisotopic (exact) mass is 283 g/mol. The topological polar surface area (TPSA) is 48.9 Å². The smallest absolute Gasteiger partial charge is 0.246 e. The van der Waals surface area contributed by atoms with Gasteiger partial charge < -0.3 is 0 Å². The van der Waals surface area contributed by atoms with E-state index < -0.39 is 0 Å². The summed E-state index contributed by atoms with van der Waals surface area (Å²) in [4.78, 5) is 25.3. The highest BCUT2D eigenvalue weighted by molar-refractivity contribution is 5.52. The Balaban J connectivity index is 1.55. The Kier molecular flexibility index (Phi) is 0.943. The van der Waals surface area contributed by atoms with Gasteiger partial charge in [-0.05, 0) is 54.8 Å². The number of aromatic nitrogens is 3. The molecular weight excluding hydrogens is 266 g/mol. The summed E-state index contributed by atoms with van der Waals surface area (Å²) in [7, 11) is 1.65. The summed E-state index contributed by atoms with van der Waals surface area (Å²) in [6, 6.07) is 0.757. The third-order valence-corrected chi connectivity index (χ3v) is 9.27. The van der Waals surface area contributed by atoms with Crippen molar-refractivity contribution in [2.24, 2.45) is 47.0 Å². The maximum absolute atomic E-state index is 12.6. The summed E-state index contributed by atoms with van der Waals surface area (Å²) in [6.07, 6.45) is 5.57. The van der Waals surface area contributed by atoms with Gasteiger partial charge in [-0.3, -0.25) is 0 Å². The minimum Gasteiger partial charge on any atom is -0.246 e. The van der Waals surface area contributed by atoms with Gasteiger partial charge in [0.25, 0.3) is 0 Å². The normalized spacial score (nSPS) is 62.9. The molecule has 0 aromatic carbocycles. The van der Waals surface area contributed by atoms with E-state index in [1.54, 1.807) is 7.05 Å². The minimum absolute atomic E-state index is 0.0497. The molecule has 0 N–H and O–H groups in total. The van der Waals surface area contributed by atoms with E-state index in [0.29, 0.717) is 28.3 Å². The fourth-order valence-corrected chi connectivity index (χ4v) is 9.08. The van der Waals surface area contributed by atoms with Gasteiger partial charge in [0.1, 0.15) is 0 Å². The Hall–Kier alpha value is -1.26. The molecule has 21 heavy (non-hydrogen) atoms. The summed E-state index contributed by atoms with van der Waals surface area (Å²) in [5.41, 5.74) is 1.41. The predicted octanol–water partition coefficient (Wildman–Crippen LogP) is 0.510. The molecule has 3 heterocycles. The molecule has 6 saturated carbocycles. The lowest BCUT2D eigenvalue weighted by Crippen LogP contribution is -2.51. The molecule has 0 amide bonds. The molecule has 3 spiro atoms. The first-order valence-electron chi connectivity index (χ1n) is 8.49. The molecule has 6 aliphatic carbocycles. The Morgan fingerprint density at radius 2 is 1.43 bits per heavy atom. The van der Waals surface area contributed by atoms with Crippen LogP contribution >= 0.6 is 0 Å². The van der Waals surface area contributed by atoms with Gasteiger partial charge in [0.15, 0.2) is 0 Å². The molecule has 0 radical (unpaired) electrons. The van der Waals surface area contributed by atoms with Gasteiger partial charge in [-0.2, -0.15) is 0 Å². The van der Waals surface area contributed by atoms with Crippen LogP contribution in [0.4, 0.5) is 0 Å². The van der Waals surface area contributed by atoms with E-state index in [-0.39, 0.29) is 11.4 Å². The van der Waals surface area contributed by atoms with E-state index in [9.17, 15) is 9.59 Å². The number of hydrogen-bond donors (Lipinski definition) is 0. The molecular formula is C16H17N3O2. The molecule has 9 rings (SSSR count). The highest BCUT2D eigenvalue weighted by Crippen LogP contribution is 3.08. The molecule has 5 heteroatoms. The summed E-state index contributed by atoms with van der Waals surface area (Å²) in [5, 5.41) is 0. The van der Waals surface area contributed by atoms with Crippen LogP contribution in [0, 0.1) is 39.9 Å². The van der Waals surface area contributed by atoms with Crippen LogP contribution in [0.3, 0.4) is 0 Å². The SMILES string of the molecule is Cn1c(=O)n2n(c1=O)[C@H]1[C@H]3C4C5[C@]6(CC7(CC7)C[C@@]516)[C@@H]2[C@@H]43. The molecule has 0 saturated heterocycles. The van der Waals surface area contributed by atoms with Crippen molar-refractivity contribution < 1.29 is 0 Å². The van der Waals surface area contributed by atoms with Crippen molar-refractivity contribution in [1.82, 2.24) is 13.9 Å². The molecule has 5 nitrogen and oxygen atoms in total. The van der Waals surface area contributed by atoms with E-state index in [4.69, 9.17) is 0 Å². The fraction of sp³-hybridized carbons (Fsp3) is 0.875. The van der Waals surface area contributed by atoms with E-state index in [2.05, 4.69) is 0 Å². The molecule has 8 aliphatic rings. The van der Waals surface area contributed by atoms with Crippen LogP contribution in [0.15, 0.2) is 9.59 Å². The average molecular weight is 283 g/mol. The number of hydrogen-bond acceptors (Lipinski definition) is 2. The van der Waals surface area contributed by atoms with Crippen LogP contribution in [0.2, 0.25) is 0 Å². The predicted molar refractivity (Wildman–Crippen MR) is 71.7 cm³/mol. The minimum atomic E-state index is -0.0497. The van der Waals surface area contributed by atoms with Gasteiger partial charge in [0.2, 0.25) is 0 Å². The molecule has 6 atom stereocenters. The number of rotatable bonds is 0. The summed E-state index contributed by atoms with van der Waals surface area (Å²) >= 11 is 0. The van der Waals surface area contributed by atoms with E-state index in [0.717, 1.165) is 23.7 Å². The van der Waals surface area contributed by atoms with E-state index in [1.807, 2.05) is 9.36 Å². The van der Waals surface area contributed by atoms with Crippen LogP contribution < -0.4 is 11.4 Å². The molecule has 1 aromatic rings. The Morgan fingerprint density at radius 1 is 0.905 bits per heavy atom. The molecule has 1 aromatic heterocycles. The second kappa shape index (κ2) is 2.04. The van der Waals surface area contributed by atoms with Gasteiger partial charge >= 0.3 is 11.4 Å². The first-order chi connectivity index (χ1) is 10.1. The lowest BCUT2D eigenvalue weighted by atomic mass is 9.73. The largest absolute Gasteiger partial charge is 0.347 e. The van der Waals surface area contributed by atoms with Crippen LogP contribution in [0.1, 0.15) is 37.8 Å². The van der Waals surface area contributed by atoms with Crippen molar-refractivity contribution >= 4 is 0 Å².